The summed E-state index contributed by atoms with van der Waals surface area (Å²) in [7, 11) is -2.40. The number of hydrogen-bond acceptors (Lipinski definition) is 8. The van der Waals surface area contributed by atoms with Crippen LogP contribution in [0.3, 0.4) is 0 Å². The van der Waals surface area contributed by atoms with Gasteiger partial charge in [0, 0.05) is 12.6 Å². The zero-order chi connectivity index (χ0) is 20.4. The quantitative estimate of drug-likeness (QED) is 0.543. The van der Waals surface area contributed by atoms with E-state index in [0.29, 0.717) is 23.3 Å². The number of nitrogen functional groups attached to an aromatic ring is 1. The average molecular weight is 411 g/mol. The summed E-state index contributed by atoms with van der Waals surface area (Å²) in [5.41, 5.74) is 6.03. The molecule has 5 N–H and O–H groups in total. The van der Waals surface area contributed by atoms with E-state index in [2.05, 4.69) is 9.97 Å². The van der Waals surface area contributed by atoms with E-state index in [0.717, 1.165) is 0 Å². The normalized spacial score (nSPS) is 38.2. The molecule has 0 saturated carbocycles. The molecule has 0 bridgehead atoms. The van der Waals surface area contributed by atoms with Gasteiger partial charge in [0.15, 0.2) is 17.5 Å². The Morgan fingerprint density at radius 2 is 1.93 bits per heavy atom. The van der Waals surface area contributed by atoms with Crippen LogP contribution in [0.4, 0.5) is 5.82 Å². The molecule has 4 rings (SSSR count). The van der Waals surface area contributed by atoms with Crippen LogP contribution in [0.2, 0.25) is 0 Å². The first-order chi connectivity index (χ1) is 13.0. The summed E-state index contributed by atoms with van der Waals surface area (Å²) in [5, 5.41) is 21.8. The van der Waals surface area contributed by atoms with Crippen molar-refractivity contribution in [3.8, 4) is 0 Å². The first-order valence-electron chi connectivity index (χ1n) is 9.46. The first kappa shape index (κ1) is 19.9. The Kier molecular flexibility index (Phi) is 4.69. The summed E-state index contributed by atoms with van der Waals surface area (Å²) in [4.78, 5) is 18.8. The molecule has 3 unspecified atom stereocenters. The highest BCUT2D eigenvalue weighted by atomic mass is 31.2. The van der Waals surface area contributed by atoms with Crippen LogP contribution < -0.4 is 5.73 Å². The van der Waals surface area contributed by atoms with Gasteiger partial charge in [-0.3, -0.25) is 0 Å². The topological polar surface area (TPSA) is 136 Å². The van der Waals surface area contributed by atoms with Crippen LogP contribution in [0.1, 0.15) is 40.3 Å². The van der Waals surface area contributed by atoms with Crippen LogP contribution in [0.25, 0.3) is 11.0 Å². The van der Waals surface area contributed by atoms with Crippen LogP contribution in [-0.2, 0) is 9.26 Å². The number of aliphatic hydroxyl groups is 2. The fraction of sp³-hybridized carbons (Fsp3) is 0.667. The summed E-state index contributed by atoms with van der Waals surface area (Å²) in [6.07, 6.45) is -0.288. The Labute approximate surface area is 164 Å². The number of aliphatic hydroxyl groups excluding tert-OH is 2. The molecule has 0 spiro atoms. The van der Waals surface area contributed by atoms with Gasteiger partial charge in [-0.05, 0) is 33.8 Å². The molecule has 0 amide bonds. The minimum Gasteiger partial charge on any atom is -0.388 e. The lowest BCUT2D eigenvalue weighted by Crippen LogP contribution is -2.37. The lowest BCUT2D eigenvalue weighted by atomic mass is 9.97. The van der Waals surface area contributed by atoms with Crippen molar-refractivity contribution < 1.29 is 24.4 Å². The molecule has 2 aromatic heterocycles. The van der Waals surface area contributed by atoms with Gasteiger partial charge in [-0.1, -0.05) is 0 Å². The SMILES string of the molecule is CC1C(C)[P+]1(O)OC(C)(C)C[C@H]1OC(n2ccc3c(N)ncnc32)[C@H](O)[C@@H]1O. The third kappa shape index (κ3) is 3.10. The van der Waals surface area contributed by atoms with Gasteiger partial charge in [-0.2, -0.15) is 0 Å². The van der Waals surface area contributed by atoms with Gasteiger partial charge in [0.05, 0.1) is 11.5 Å². The molecular weight excluding hydrogens is 383 g/mol. The number of aromatic nitrogens is 3. The van der Waals surface area contributed by atoms with Gasteiger partial charge in [0.1, 0.15) is 35.6 Å². The lowest BCUT2D eigenvalue weighted by molar-refractivity contribution is -0.0587. The fourth-order valence-electron chi connectivity index (χ4n) is 4.04. The van der Waals surface area contributed by atoms with Gasteiger partial charge in [-0.15, -0.1) is 0 Å². The molecule has 2 aromatic rings. The number of ether oxygens (including phenoxy) is 1. The molecule has 28 heavy (non-hydrogen) atoms. The Morgan fingerprint density at radius 1 is 1.25 bits per heavy atom. The molecular formula is C18H28N4O5P+. The van der Waals surface area contributed by atoms with Crippen LogP contribution in [0, 0.1) is 0 Å². The van der Waals surface area contributed by atoms with Gasteiger partial charge in [0.2, 0.25) is 0 Å². The molecule has 2 aliphatic heterocycles. The Hall–Kier alpha value is -1.35. The minimum absolute atomic E-state index is 0.163. The monoisotopic (exact) mass is 411 g/mol. The maximum Gasteiger partial charge on any atom is 0.285 e. The Balaban J connectivity index is 1.52. The van der Waals surface area contributed by atoms with E-state index in [1.807, 2.05) is 27.7 Å². The van der Waals surface area contributed by atoms with E-state index >= 15 is 0 Å². The maximum absolute atomic E-state index is 10.6. The number of rotatable bonds is 5. The predicted octanol–water partition coefficient (Wildman–Crippen LogP) is 1.45. The Bertz CT molecular complexity index is 882. The predicted molar refractivity (Wildman–Crippen MR) is 106 cm³/mol. The average Bonchev–Trinajstić information content (AvgIpc) is 2.99. The first-order valence-corrected chi connectivity index (χ1v) is 11.3. The van der Waals surface area contributed by atoms with E-state index in [-0.39, 0.29) is 11.3 Å². The second-order valence-electron chi connectivity index (χ2n) is 8.47. The van der Waals surface area contributed by atoms with Crippen molar-refractivity contribution in [2.45, 2.75) is 75.6 Å². The van der Waals surface area contributed by atoms with Crippen molar-refractivity contribution >= 4 is 24.6 Å². The minimum atomic E-state index is -2.40. The molecule has 2 saturated heterocycles. The van der Waals surface area contributed by atoms with E-state index in [9.17, 15) is 15.1 Å². The molecule has 9 nitrogen and oxygen atoms in total. The van der Waals surface area contributed by atoms with E-state index in [4.69, 9.17) is 15.0 Å². The summed E-state index contributed by atoms with van der Waals surface area (Å²) >= 11 is 0. The molecule has 0 aromatic carbocycles. The summed E-state index contributed by atoms with van der Waals surface area (Å²) < 4.78 is 13.7. The molecule has 6 atom stereocenters. The van der Waals surface area contributed by atoms with Crippen molar-refractivity contribution in [1.82, 2.24) is 14.5 Å². The second kappa shape index (κ2) is 6.58. The molecule has 2 aliphatic rings. The molecule has 10 heteroatoms. The van der Waals surface area contributed by atoms with Crippen LogP contribution in [0.15, 0.2) is 18.6 Å². The number of nitrogens with zero attached hydrogens (tertiary/aromatic N) is 3. The summed E-state index contributed by atoms with van der Waals surface area (Å²) in [6, 6.07) is 1.75. The number of hydrogen-bond donors (Lipinski definition) is 4. The highest BCUT2D eigenvalue weighted by molar-refractivity contribution is 7.74. The number of anilines is 1. The van der Waals surface area contributed by atoms with Crippen LogP contribution in [-0.4, -0.2) is 64.9 Å². The van der Waals surface area contributed by atoms with Gasteiger partial charge >= 0.3 is 0 Å². The Morgan fingerprint density at radius 3 is 2.57 bits per heavy atom. The smallest absolute Gasteiger partial charge is 0.285 e. The van der Waals surface area contributed by atoms with E-state index in [1.54, 1.807) is 16.8 Å². The highest BCUT2D eigenvalue weighted by Gasteiger charge is 2.74. The fourth-order valence-corrected chi connectivity index (χ4v) is 6.85. The third-order valence-electron chi connectivity index (χ3n) is 6.01. The van der Waals surface area contributed by atoms with Gasteiger partial charge < -0.3 is 25.3 Å². The number of fused-ring (bicyclic) bond motifs is 1. The van der Waals surface area contributed by atoms with Crippen LogP contribution in [0.5, 0.6) is 0 Å². The molecule has 4 heterocycles. The van der Waals surface area contributed by atoms with Crippen molar-refractivity contribution in [1.29, 1.82) is 0 Å². The molecule has 2 fully saturated rings. The van der Waals surface area contributed by atoms with Crippen molar-refractivity contribution in [3.63, 3.8) is 0 Å². The number of nitrogens with two attached hydrogens (primary N) is 1. The highest BCUT2D eigenvalue weighted by Crippen LogP contribution is 2.82. The van der Waals surface area contributed by atoms with E-state index < -0.39 is 37.9 Å². The lowest BCUT2D eigenvalue weighted by Gasteiger charge is -2.27. The summed E-state index contributed by atoms with van der Waals surface area (Å²) in [6.45, 7) is 7.72. The summed E-state index contributed by atoms with van der Waals surface area (Å²) in [5.74, 6) is 0.341. The molecule has 0 radical (unpaired) electrons. The van der Waals surface area contributed by atoms with Crippen LogP contribution >= 0.6 is 7.72 Å². The van der Waals surface area contributed by atoms with Crippen molar-refractivity contribution in [2.24, 2.45) is 0 Å². The third-order valence-corrected chi connectivity index (χ3v) is 9.68. The zero-order valence-corrected chi connectivity index (χ0v) is 17.3. The van der Waals surface area contributed by atoms with Crippen molar-refractivity contribution in [3.05, 3.63) is 18.6 Å². The molecule has 154 valence electrons. The van der Waals surface area contributed by atoms with Gasteiger partial charge in [0.25, 0.3) is 7.72 Å². The van der Waals surface area contributed by atoms with Gasteiger partial charge in [-0.25, -0.2) is 19.4 Å². The maximum atomic E-state index is 10.6. The zero-order valence-electron chi connectivity index (χ0n) is 16.4. The second-order valence-corrected chi connectivity index (χ2v) is 11.6. The van der Waals surface area contributed by atoms with Crippen molar-refractivity contribution in [2.75, 3.05) is 5.73 Å². The van der Waals surface area contributed by atoms with E-state index in [1.165, 1.54) is 6.33 Å². The standard InChI is InChI=1S/C18H28N4O5P/c1-9-10(2)28(9,25)27-18(3,4)7-12-13(23)14(24)17(26-12)22-6-5-11-15(19)20-8-21-16(11)22/h5-6,8-10,12-14,17,23-25H,7H2,1-4H3,(H2,19,20,21)/q+1/t9?,10?,12-,13-,14-,17?,28?/m1/s1. The molecule has 0 aliphatic carbocycles. The largest absolute Gasteiger partial charge is 0.388 e.